The predicted octanol–water partition coefficient (Wildman–Crippen LogP) is 3.75. The first-order chi connectivity index (χ1) is 17.4. The Kier molecular flexibility index (Phi) is 5.84. The van der Waals surface area contributed by atoms with E-state index in [-0.39, 0.29) is 37.3 Å². The van der Waals surface area contributed by atoms with Gasteiger partial charge in [0.15, 0.2) is 0 Å². The van der Waals surface area contributed by atoms with Gasteiger partial charge in [-0.25, -0.2) is 8.78 Å². The molecule has 188 valence electrons. The van der Waals surface area contributed by atoms with E-state index >= 15 is 8.78 Å². The van der Waals surface area contributed by atoms with Gasteiger partial charge in [0.2, 0.25) is 5.91 Å². The second kappa shape index (κ2) is 9.05. The van der Waals surface area contributed by atoms with Crippen molar-refractivity contribution in [3.63, 3.8) is 0 Å². The third-order valence-corrected chi connectivity index (χ3v) is 7.59. The van der Waals surface area contributed by atoms with Crippen LogP contribution in [0.15, 0.2) is 42.7 Å². The van der Waals surface area contributed by atoms with E-state index in [4.69, 9.17) is 9.47 Å². The van der Waals surface area contributed by atoms with E-state index in [0.29, 0.717) is 30.8 Å². The Bertz CT molecular complexity index is 1320. The molecule has 4 heterocycles. The molecule has 36 heavy (non-hydrogen) atoms. The highest BCUT2D eigenvalue weighted by atomic mass is 19.1. The fraction of sp³-hybridized carbons (Fsp3) is 0.444. The van der Waals surface area contributed by atoms with E-state index in [9.17, 15) is 4.79 Å². The number of morpholine rings is 1. The van der Waals surface area contributed by atoms with Gasteiger partial charge in [-0.05, 0) is 43.0 Å². The fourth-order valence-corrected chi connectivity index (χ4v) is 5.25. The Morgan fingerprint density at radius 2 is 2.03 bits per heavy atom. The van der Waals surface area contributed by atoms with Gasteiger partial charge in [0, 0.05) is 42.8 Å². The topological polar surface area (TPSA) is 67.8 Å². The van der Waals surface area contributed by atoms with Crippen LogP contribution >= 0.6 is 0 Å². The zero-order chi connectivity index (χ0) is 24.9. The molecule has 1 aromatic carbocycles. The Balaban J connectivity index is 1.14. The minimum absolute atomic E-state index is 0.0500. The highest BCUT2D eigenvalue weighted by Gasteiger charge is 2.51. The molecule has 2 unspecified atom stereocenters. The maximum absolute atomic E-state index is 15.4. The van der Waals surface area contributed by atoms with E-state index in [0.717, 1.165) is 29.3 Å². The van der Waals surface area contributed by atoms with E-state index in [1.807, 2.05) is 29.2 Å². The lowest BCUT2D eigenvalue weighted by Gasteiger charge is -2.48. The molecule has 7 nitrogen and oxygen atoms in total. The molecular weight excluding hydrogens is 466 g/mol. The molecule has 1 spiro atoms. The lowest BCUT2D eigenvalue weighted by Crippen LogP contribution is -2.64. The van der Waals surface area contributed by atoms with Crippen molar-refractivity contribution in [2.24, 2.45) is 0 Å². The van der Waals surface area contributed by atoms with Crippen molar-refractivity contribution < 1.29 is 23.0 Å². The summed E-state index contributed by atoms with van der Waals surface area (Å²) < 4.78 is 41.4. The summed E-state index contributed by atoms with van der Waals surface area (Å²) in [6, 6.07) is 9.31. The first kappa shape index (κ1) is 23.2. The molecule has 3 aromatic rings. The number of piperidine rings is 1. The number of hydrogen-bond donors (Lipinski definition) is 0. The highest BCUT2D eigenvalue weighted by Crippen LogP contribution is 2.38. The molecule has 9 heteroatoms. The van der Waals surface area contributed by atoms with Crippen LogP contribution in [0.4, 0.5) is 8.78 Å². The summed E-state index contributed by atoms with van der Waals surface area (Å²) in [5.74, 6) is 0.201. The summed E-state index contributed by atoms with van der Waals surface area (Å²) in [6.07, 6.45) is 4.46. The van der Waals surface area contributed by atoms with Crippen molar-refractivity contribution >= 4 is 16.8 Å². The van der Waals surface area contributed by atoms with Crippen LogP contribution < -0.4 is 4.74 Å². The number of benzene rings is 1. The summed E-state index contributed by atoms with van der Waals surface area (Å²) in [6.45, 7) is 1.13. The van der Waals surface area contributed by atoms with Crippen LogP contribution in [0.2, 0.25) is 0 Å². The van der Waals surface area contributed by atoms with E-state index in [1.54, 1.807) is 24.4 Å². The number of pyridine rings is 2. The van der Waals surface area contributed by atoms with Crippen molar-refractivity contribution in [3.05, 3.63) is 54.2 Å². The minimum atomic E-state index is -1.26. The zero-order valence-corrected chi connectivity index (χ0v) is 20.1. The molecular formula is C27H28F2N4O3. The quantitative estimate of drug-likeness (QED) is 0.538. The predicted molar refractivity (Wildman–Crippen MR) is 130 cm³/mol. The maximum Gasteiger partial charge on any atom is 0.248 e. The highest BCUT2D eigenvalue weighted by molar-refractivity contribution is 5.85. The van der Waals surface area contributed by atoms with Crippen LogP contribution in [0.3, 0.4) is 0 Å². The largest absolute Gasteiger partial charge is 0.495 e. The van der Waals surface area contributed by atoms with Crippen molar-refractivity contribution in [2.75, 3.05) is 33.4 Å². The number of carbonyl (C=O) groups is 1. The molecule has 1 aliphatic carbocycles. The summed E-state index contributed by atoms with van der Waals surface area (Å²) in [5, 5.41) is 0.929. The van der Waals surface area contributed by atoms with Crippen LogP contribution in [-0.4, -0.2) is 76.8 Å². The van der Waals surface area contributed by atoms with Crippen molar-refractivity contribution in [2.45, 2.75) is 43.6 Å². The number of rotatable bonds is 5. The van der Waals surface area contributed by atoms with E-state index < -0.39 is 17.6 Å². The van der Waals surface area contributed by atoms with E-state index in [2.05, 4.69) is 9.97 Å². The zero-order valence-electron chi connectivity index (χ0n) is 20.1. The smallest absolute Gasteiger partial charge is 0.248 e. The molecule has 1 saturated carbocycles. The maximum atomic E-state index is 15.4. The molecule has 2 aromatic heterocycles. The number of methoxy groups -OCH3 is 1. The molecule has 0 bridgehead atoms. The van der Waals surface area contributed by atoms with Crippen LogP contribution in [-0.2, 0) is 16.1 Å². The monoisotopic (exact) mass is 494 g/mol. The average Bonchev–Trinajstić information content (AvgIpc) is 3.73. The molecule has 3 fully saturated rings. The number of fused-ring (bicyclic) bond motifs is 1. The van der Waals surface area contributed by atoms with Crippen molar-refractivity contribution in [1.29, 1.82) is 0 Å². The first-order valence-corrected chi connectivity index (χ1v) is 12.3. The number of nitrogens with zero attached hydrogens (tertiary/aromatic N) is 4. The number of aromatic nitrogens is 2. The number of alkyl halides is 1. The van der Waals surface area contributed by atoms with Gasteiger partial charge < -0.3 is 14.4 Å². The molecule has 0 radical (unpaired) electrons. The van der Waals surface area contributed by atoms with Crippen LogP contribution in [0, 0.1) is 5.82 Å². The lowest BCUT2D eigenvalue weighted by atomic mass is 9.87. The summed E-state index contributed by atoms with van der Waals surface area (Å²) in [7, 11) is 1.59. The Morgan fingerprint density at radius 1 is 1.17 bits per heavy atom. The number of carbonyl (C=O) groups excluding carboxylic acids is 1. The van der Waals surface area contributed by atoms with Gasteiger partial charge in [-0.2, -0.15) is 0 Å². The van der Waals surface area contributed by atoms with Crippen LogP contribution in [0.5, 0.6) is 5.75 Å². The Morgan fingerprint density at radius 3 is 2.78 bits per heavy atom. The Hall–Kier alpha value is -3.17. The van der Waals surface area contributed by atoms with E-state index in [1.165, 1.54) is 6.07 Å². The van der Waals surface area contributed by atoms with Gasteiger partial charge in [0.25, 0.3) is 0 Å². The molecule has 2 atom stereocenters. The van der Waals surface area contributed by atoms with Crippen molar-refractivity contribution in [1.82, 2.24) is 19.8 Å². The minimum Gasteiger partial charge on any atom is -0.495 e. The van der Waals surface area contributed by atoms with Gasteiger partial charge in [-0.1, -0.05) is 12.1 Å². The van der Waals surface area contributed by atoms with Gasteiger partial charge in [0.05, 0.1) is 31.1 Å². The van der Waals surface area contributed by atoms with Gasteiger partial charge >= 0.3 is 0 Å². The third kappa shape index (κ3) is 4.30. The number of likely N-dealkylation sites (tertiary alicyclic amines) is 1. The van der Waals surface area contributed by atoms with Gasteiger partial charge in [0.1, 0.15) is 29.9 Å². The molecule has 0 N–H and O–H groups in total. The number of amides is 1. The third-order valence-electron chi connectivity index (χ3n) is 7.59. The molecule has 2 saturated heterocycles. The van der Waals surface area contributed by atoms with Crippen LogP contribution in [0.1, 0.15) is 25.0 Å². The molecule has 3 aliphatic rings. The second-order valence-corrected chi connectivity index (χ2v) is 9.99. The second-order valence-electron chi connectivity index (χ2n) is 9.99. The average molecular weight is 495 g/mol. The standard InChI is InChI=1S/C27H28F2N4O3/c1-35-21-8-18-3-2-17(10-23(18)31-12-21)19-9-22(28)24(30-11-19)13-32-7-6-27(25(29)14-32)16-33(20-4-5-20)26(34)15-36-27/h2-3,8-12,20,25H,4-7,13-16H2,1H3. The normalized spacial score (nSPS) is 25.0. The Labute approximate surface area is 208 Å². The summed E-state index contributed by atoms with van der Waals surface area (Å²) in [4.78, 5) is 24.6. The first-order valence-electron chi connectivity index (χ1n) is 12.3. The fourth-order valence-electron chi connectivity index (χ4n) is 5.25. The summed E-state index contributed by atoms with van der Waals surface area (Å²) >= 11 is 0. The molecule has 1 amide bonds. The SMILES string of the molecule is COc1cnc2cc(-c3cnc(CN4CCC5(CN(C6CC6)C(=O)CO5)C(F)C4)c(F)c3)ccc2c1. The van der Waals surface area contributed by atoms with Gasteiger partial charge in [-0.15, -0.1) is 0 Å². The molecule has 2 aliphatic heterocycles. The number of hydrogen-bond acceptors (Lipinski definition) is 6. The summed E-state index contributed by atoms with van der Waals surface area (Å²) in [5.41, 5.74) is 1.56. The molecule has 6 rings (SSSR count). The number of ether oxygens (including phenoxy) is 2. The lowest BCUT2D eigenvalue weighted by molar-refractivity contribution is -0.189. The van der Waals surface area contributed by atoms with Crippen LogP contribution in [0.25, 0.3) is 22.0 Å². The number of halogens is 2. The van der Waals surface area contributed by atoms with Crippen molar-refractivity contribution in [3.8, 4) is 16.9 Å². The van der Waals surface area contributed by atoms with Gasteiger partial charge in [-0.3, -0.25) is 19.7 Å².